The molecule has 1 amide bonds. The molecular formula is C16H18N2O4S. The molecule has 0 unspecified atom stereocenters. The molecule has 2 rings (SSSR count). The number of nitrogens with zero attached hydrogens (tertiary/aromatic N) is 1. The summed E-state index contributed by atoms with van der Waals surface area (Å²) in [6.07, 6.45) is 3.06. The Balaban J connectivity index is 2.41. The van der Waals surface area contributed by atoms with Crippen LogP contribution in [0, 0.1) is 0 Å². The van der Waals surface area contributed by atoms with Crippen molar-refractivity contribution in [1.82, 2.24) is 10.3 Å². The van der Waals surface area contributed by atoms with Gasteiger partial charge in [-0.3, -0.25) is 9.78 Å². The third-order valence-corrected chi connectivity index (χ3v) is 5.47. The SMILES string of the molecule is COc1ccc(S(=O)(=O)[C@@H](CNC(C)=O)c2cccnc2)cc1. The first-order valence-electron chi connectivity index (χ1n) is 6.97. The van der Waals surface area contributed by atoms with Gasteiger partial charge in [0.05, 0.1) is 12.0 Å². The van der Waals surface area contributed by atoms with Gasteiger partial charge in [-0.1, -0.05) is 6.07 Å². The van der Waals surface area contributed by atoms with Crippen LogP contribution in [0.25, 0.3) is 0 Å². The topological polar surface area (TPSA) is 85.4 Å². The lowest BCUT2D eigenvalue weighted by molar-refractivity contribution is -0.118. The van der Waals surface area contributed by atoms with Gasteiger partial charge in [0.2, 0.25) is 5.91 Å². The molecule has 23 heavy (non-hydrogen) atoms. The van der Waals surface area contributed by atoms with Gasteiger partial charge in [0.25, 0.3) is 0 Å². The molecule has 0 bridgehead atoms. The van der Waals surface area contributed by atoms with Gasteiger partial charge >= 0.3 is 0 Å². The molecule has 0 aliphatic heterocycles. The van der Waals surface area contributed by atoms with E-state index in [9.17, 15) is 13.2 Å². The van der Waals surface area contributed by atoms with Crippen molar-refractivity contribution >= 4 is 15.7 Å². The molecule has 6 nitrogen and oxygen atoms in total. The fourth-order valence-electron chi connectivity index (χ4n) is 2.14. The van der Waals surface area contributed by atoms with Crippen molar-refractivity contribution in [2.24, 2.45) is 0 Å². The van der Waals surface area contributed by atoms with E-state index in [1.54, 1.807) is 30.5 Å². The van der Waals surface area contributed by atoms with Gasteiger partial charge in [0.1, 0.15) is 11.0 Å². The summed E-state index contributed by atoms with van der Waals surface area (Å²) in [4.78, 5) is 15.3. The van der Waals surface area contributed by atoms with Gasteiger partial charge in [-0.2, -0.15) is 0 Å². The number of carbonyl (C=O) groups is 1. The minimum absolute atomic E-state index is 0.0185. The van der Waals surface area contributed by atoms with Crippen molar-refractivity contribution in [3.63, 3.8) is 0 Å². The lowest BCUT2D eigenvalue weighted by atomic mass is 10.2. The minimum atomic E-state index is -3.69. The van der Waals surface area contributed by atoms with Crippen molar-refractivity contribution < 1.29 is 17.9 Å². The van der Waals surface area contributed by atoms with E-state index in [1.807, 2.05) is 0 Å². The number of amides is 1. The predicted octanol–water partition coefficient (Wildman–Crippen LogP) is 1.74. The van der Waals surface area contributed by atoms with Crippen LogP contribution in [-0.4, -0.2) is 33.0 Å². The van der Waals surface area contributed by atoms with Gasteiger partial charge in [-0.15, -0.1) is 0 Å². The highest BCUT2D eigenvalue weighted by Crippen LogP contribution is 2.29. The Kier molecular flexibility index (Phi) is 5.33. The average Bonchev–Trinajstić information content (AvgIpc) is 2.55. The van der Waals surface area contributed by atoms with Crippen LogP contribution >= 0.6 is 0 Å². The molecule has 0 saturated heterocycles. The molecule has 1 aromatic carbocycles. The third-order valence-electron chi connectivity index (χ3n) is 3.36. The maximum Gasteiger partial charge on any atom is 0.216 e. The Labute approximate surface area is 135 Å². The Bertz CT molecular complexity index is 758. The first-order valence-corrected chi connectivity index (χ1v) is 8.52. The predicted molar refractivity (Wildman–Crippen MR) is 85.8 cm³/mol. The van der Waals surface area contributed by atoms with Crippen LogP contribution in [0.1, 0.15) is 17.7 Å². The zero-order valence-corrected chi connectivity index (χ0v) is 13.7. The molecule has 0 radical (unpaired) electrons. The molecule has 0 saturated carbocycles. The van der Waals surface area contributed by atoms with E-state index in [2.05, 4.69) is 10.3 Å². The van der Waals surface area contributed by atoms with Crippen LogP contribution in [-0.2, 0) is 14.6 Å². The van der Waals surface area contributed by atoms with Crippen LogP contribution in [0.15, 0.2) is 53.7 Å². The summed E-state index contributed by atoms with van der Waals surface area (Å²) < 4.78 is 30.9. The monoisotopic (exact) mass is 334 g/mol. The molecule has 0 aliphatic carbocycles. The van der Waals surface area contributed by atoms with E-state index in [-0.39, 0.29) is 17.3 Å². The quantitative estimate of drug-likeness (QED) is 0.870. The standard InChI is InChI=1S/C16H18N2O4S/c1-12(19)18-11-16(13-4-3-9-17-10-13)23(20,21)15-7-5-14(22-2)6-8-15/h3-10,16H,11H2,1-2H3,(H,18,19)/t16-/m0/s1. The van der Waals surface area contributed by atoms with Gasteiger partial charge in [0, 0.05) is 25.9 Å². The van der Waals surface area contributed by atoms with E-state index in [0.717, 1.165) is 0 Å². The average molecular weight is 334 g/mol. The highest BCUT2D eigenvalue weighted by molar-refractivity contribution is 7.91. The summed E-state index contributed by atoms with van der Waals surface area (Å²) in [7, 11) is -2.17. The fraction of sp³-hybridized carbons (Fsp3) is 0.250. The van der Waals surface area contributed by atoms with Gasteiger partial charge in [0.15, 0.2) is 9.84 Å². The molecule has 2 aromatic rings. The third kappa shape index (κ3) is 4.07. The first-order chi connectivity index (χ1) is 10.9. The smallest absolute Gasteiger partial charge is 0.216 e. The van der Waals surface area contributed by atoms with E-state index < -0.39 is 15.1 Å². The zero-order valence-electron chi connectivity index (χ0n) is 12.9. The minimum Gasteiger partial charge on any atom is -0.497 e. The highest BCUT2D eigenvalue weighted by Gasteiger charge is 2.29. The molecule has 0 fully saturated rings. The number of rotatable bonds is 6. The van der Waals surface area contributed by atoms with Crippen LogP contribution in [0.4, 0.5) is 0 Å². The van der Waals surface area contributed by atoms with Crippen molar-refractivity contribution in [1.29, 1.82) is 0 Å². The van der Waals surface area contributed by atoms with Crippen molar-refractivity contribution in [3.8, 4) is 5.75 Å². The van der Waals surface area contributed by atoms with Crippen LogP contribution in [0.5, 0.6) is 5.75 Å². The second-order valence-corrected chi connectivity index (χ2v) is 7.06. The van der Waals surface area contributed by atoms with Crippen molar-refractivity contribution in [3.05, 3.63) is 54.4 Å². The number of ether oxygens (including phenoxy) is 1. The Morgan fingerprint density at radius 2 is 1.96 bits per heavy atom. The molecular weight excluding hydrogens is 316 g/mol. The lowest BCUT2D eigenvalue weighted by Crippen LogP contribution is -2.30. The molecule has 1 aromatic heterocycles. The molecule has 7 heteroatoms. The van der Waals surface area contributed by atoms with Crippen LogP contribution in [0.2, 0.25) is 0 Å². The number of aromatic nitrogens is 1. The van der Waals surface area contributed by atoms with Crippen molar-refractivity contribution in [2.45, 2.75) is 17.1 Å². The number of hydrogen-bond acceptors (Lipinski definition) is 5. The van der Waals surface area contributed by atoms with Crippen LogP contribution < -0.4 is 10.1 Å². The summed E-state index contributed by atoms with van der Waals surface area (Å²) >= 11 is 0. The number of nitrogens with one attached hydrogen (secondary N) is 1. The maximum absolute atomic E-state index is 12.9. The highest BCUT2D eigenvalue weighted by atomic mass is 32.2. The summed E-state index contributed by atoms with van der Waals surface area (Å²) in [5, 5.41) is 1.66. The molecule has 0 aliphatic rings. The zero-order chi connectivity index (χ0) is 16.9. The maximum atomic E-state index is 12.9. The Hall–Kier alpha value is -2.41. The van der Waals surface area contributed by atoms with E-state index in [0.29, 0.717) is 11.3 Å². The number of sulfone groups is 1. The number of pyridine rings is 1. The molecule has 122 valence electrons. The number of benzene rings is 1. The second kappa shape index (κ2) is 7.23. The Morgan fingerprint density at radius 1 is 1.26 bits per heavy atom. The summed E-state index contributed by atoms with van der Waals surface area (Å²) in [5.41, 5.74) is 0.525. The number of hydrogen-bond donors (Lipinski definition) is 1. The number of methoxy groups -OCH3 is 1. The molecule has 1 heterocycles. The van der Waals surface area contributed by atoms with Gasteiger partial charge in [-0.25, -0.2) is 8.42 Å². The largest absolute Gasteiger partial charge is 0.497 e. The van der Waals surface area contributed by atoms with Crippen LogP contribution in [0.3, 0.4) is 0 Å². The fourth-order valence-corrected chi connectivity index (χ4v) is 3.78. The summed E-state index contributed by atoms with van der Waals surface area (Å²) in [6, 6.07) is 9.51. The number of carbonyl (C=O) groups excluding carboxylic acids is 1. The van der Waals surface area contributed by atoms with E-state index >= 15 is 0 Å². The van der Waals surface area contributed by atoms with E-state index in [4.69, 9.17) is 4.74 Å². The lowest BCUT2D eigenvalue weighted by Gasteiger charge is -2.18. The second-order valence-electron chi connectivity index (χ2n) is 4.93. The molecule has 1 N–H and O–H groups in total. The van der Waals surface area contributed by atoms with Gasteiger partial charge < -0.3 is 10.1 Å². The molecule has 0 spiro atoms. The van der Waals surface area contributed by atoms with Gasteiger partial charge in [-0.05, 0) is 35.9 Å². The Morgan fingerprint density at radius 3 is 2.48 bits per heavy atom. The van der Waals surface area contributed by atoms with Crippen molar-refractivity contribution in [2.75, 3.05) is 13.7 Å². The molecule has 1 atom stereocenters. The summed E-state index contributed by atoms with van der Waals surface area (Å²) in [6.45, 7) is 1.33. The summed E-state index contributed by atoms with van der Waals surface area (Å²) in [5.74, 6) is 0.285. The first kappa shape index (κ1) is 17.0. The van der Waals surface area contributed by atoms with E-state index in [1.165, 1.54) is 32.4 Å². The normalized spacial score (nSPS) is 12.4.